The van der Waals surface area contributed by atoms with Gasteiger partial charge in [0.1, 0.15) is 6.61 Å². The molecule has 0 aromatic heterocycles. The maximum absolute atomic E-state index is 13.2. The van der Waals surface area contributed by atoms with Crippen molar-refractivity contribution >= 4 is 12.1 Å². The zero-order chi connectivity index (χ0) is 24.5. The van der Waals surface area contributed by atoms with Crippen molar-refractivity contribution in [2.24, 2.45) is 0 Å². The summed E-state index contributed by atoms with van der Waals surface area (Å²) in [5.74, 6) is -0.855. The lowest BCUT2D eigenvalue weighted by Gasteiger charge is -2.34. The Morgan fingerprint density at radius 1 is 0.886 bits per heavy atom. The van der Waals surface area contributed by atoms with Gasteiger partial charge in [-0.2, -0.15) is 0 Å². The molecule has 0 bridgehead atoms. The van der Waals surface area contributed by atoms with Gasteiger partial charge in [-0.05, 0) is 48.2 Å². The molecule has 1 aliphatic carbocycles. The zero-order valence-corrected chi connectivity index (χ0v) is 20.0. The van der Waals surface area contributed by atoms with Crippen LogP contribution in [0.4, 0.5) is 4.79 Å². The molecular weight excluding hydrogens is 448 g/mol. The Morgan fingerprint density at radius 3 is 2.11 bits per heavy atom. The molecule has 35 heavy (non-hydrogen) atoms. The van der Waals surface area contributed by atoms with E-state index in [0.29, 0.717) is 33.0 Å². The minimum absolute atomic E-state index is 0.0225. The van der Waals surface area contributed by atoms with E-state index < -0.39 is 5.97 Å². The Morgan fingerprint density at radius 2 is 1.49 bits per heavy atom. The molecule has 2 aromatic rings. The molecule has 0 radical (unpaired) electrons. The minimum atomic E-state index is -0.883. The Bertz CT molecular complexity index is 946. The van der Waals surface area contributed by atoms with Crippen LogP contribution in [0.5, 0.6) is 0 Å². The van der Waals surface area contributed by atoms with Crippen molar-refractivity contribution in [2.75, 3.05) is 52.7 Å². The highest BCUT2D eigenvalue weighted by Crippen LogP contribution is 2.44. The van der Waals surface area contributed by atoms with Gasteiger partial charge in [0.2, 0.25) is 0 Å². The van der Waals surface area contributed by atoms with Gasteiger partial charge in [0, 0.05) is 18.5 Å². The number of rotatable bonds is 12. The summed E-state index contributed by atoms with van der Waals surface area (Å²) < 4.78 is 16.8. The largest absolute Gasteiger partial charge is 0.481 e. The summed E-state index contributed by atoms with van der Waals surface area (Å²) in [5.41, 5.74) is 4.80. The van der Waals surface area contributed by atoms with E-state index in [1.165, 1.54) is 22.3 Å². The second-order valence-corrected chi connectivity index (χ2v) is 8.85. The fourth-order valence-electron chi connectivity index (χ4n) is 4.86. The van der Waals surface area contributed by atoms with Gasteiger partial charge in [-0.15, -0.1) is 0 Å². The number of aliphatic carboxylic acids is 1. The monoisotopic (exact) mass is 482 g/mol. The van der Waals surface area contributed by atoms with Crippen molar-refractivity contribution in [3.63, 3.8) is 0 Å². The first-order valence-electron chi connectivity index (χ1n) is 12.3. The SMILES string of the molecule is O=C(O)CCOCCOCCN(C(=O)OCC1c2ccccc2-c2ccccc21)C1CCNCC1. The van der Waals surface area contributed by atoms with Crippen LogP contribution >= 0.6 is 0 Å². The summed E-state index contributed by atoms with van der Waals surface area (Å²) >= 11 is 0. The van der Waals surface area contributed by atoms with Crippen LogP contribution in [0.3, 0.4) is 0 Å². The van der Waals surface area contributed by atoms with Gasteiger partial charge in [0.15, 0.2) is 0 Å². The molecule has 0 unspecified atom stereocenters. The molecule has 1 fully saturated rings. The molecule has 8 nitrogen and oxygen atoms in total. The van der Waals surface area contributed by atoms with Crippen molar-refractivity contribution < 1.29 is 28.9 Å². The lowest BCUT2D eigenvalue weighted by molar-refractivity contribution is -0.138. The number of carbonyl (C=O) groups excluding carboxylic acids is 1. The highest BCUT2D eigenvalue weighted by molar-refractivity contribution is 5.79. The smallest absolute Gasteiger partial charge is 0.410 e. The Hall–Kier alpha value is -2.94. The number of piperidine rings is 1. The topological polar surface area (TPSA) is 97.3 Å². The summed E-state index contributed by atoms with van der Waals surface area (Å²) in [6.07, 6.45) is 1.43. The van der Waals surface area contributed by atoms with E-state index in [0.717, 1.165) is 25.9 Å². The quantitative estimate of drug-likeness (QED) is 0.447. The molecule has 8 heteroatoms. The predicted molar refractivity (Wildman–Crippen MR) is 132 cm³/mol. The van der Waals surface area contributed by atoms with Crippen LogP contribution in [0.1, 0.15) is 36.3 Å². The third-order valence-electron chi connectivity index (χ3n) is 6.63. The number of carboxylic acid groups (broad SMARTS) is 1. The molecule has 4 rings (SSSR count). The molecular formula is C27H34N2O6. The second kappa shape index (κ2) is 12.7. The standard InChI is InChI=1S/C27H34N2O6/c30-26(31)11-15-33-17-18-34-16-14-29(20-9-12-28-13-10-20)27(32)35-19-25-23-7-3-1-5-21(23)22-6-2-4-8-24(22)25/h1-8,20,25,28H,9-19H2,(H,30,31). The van der Waals surface area contributed by atoms with Crippen LogP contribution in [0.25, 0.3) is 11.1 Å². The van der Waals surface area contributed by atoms with E-state index in [4.69, 9.17) is 19.3 Å². The van der Waals surface area contributed by atoms with Crippen LogP contribution in [0.15, 0.2) is 48.5 Å². The van der Waals surface area contributed by atoms with Crippen LogP contribution in [0, 0.1) is 0 Å². The van der Waals surface area contributed by atoms with E-state index >= 15 is 0 Å². The molecule has 0 atom stereocenters. The Labute approximate surface area is 206 Å². The van der Waals surface area contributed by atoms with Crippen LogP contribution in [0.2, 0.25) is 0 Å². The summed E-state index contributed by atoms with van der Waals surface area (Å²) in [4.78, 5) is 25.6. The van der Waals surface area contributed by atoms with Crippen LogP contribution in [-0.2, 0) is 19.0 Å². The van der Waals surface area contributed by atoms with Crippen molar-refractivity contribution in [3.8, 4) is 11.1 Å². The van der Waals surface area contributed by atoms with Gasteiger partial charge < -0.3 is 29.5 Å². The molecule has 1 amide bonds. The molecule has 1 aliphatic heterocycles. The number of carboxylic acids is 1. The van der Waals surface area contributed by atoms with E-state index in [2.05, 4.69) is 29.6 Å². The third kappa shape index (κ3) is 6.60. The van der Waals surface area contributed by atoms with E-state index in [1.807, 2.05) is 24.3 Å². The third-order valence-corrected chi connectivity index (χ3v) is 6.63. The van der Waals surface area contributed by atoms with Crippen molar-refractivity contribution in [3.05, 3.63) is 59.7 Å². The first-order valence-corrected chi connectivity index (χ1v) is 12.3. The summed E-state index contributed by atoms with van der Waals surface area (Å²) in [6, 6.07) is 16.7. The number of amides is 1. The number of benzene rings is 2. The van der Waals surface area contributed by atoms with E-state index in [1.54, 1.807) is 4.90 Å². The maximum atomic E-state index is 13.2. The summed E-state index contributed by atoms with van der Waals surface area (Å²) in [6.45, 7) is 3.70. The first-order chi connectivity index (χ1) is 17.1. The highest BCUT2D eigenvalue weighted by Gasteiger charge is 2.31. The van der Waals surface area contributed by atoms with Crippen molar-refractivity contribution in [1.82, 2.24) is 10.2 Å². The molecule has 0 saturated carbocycles. The zero-order valence-electron chi connectivity index (χ0n) is 20.0. The van der Waals surface area contributed by atoms with E-state index in [9.17, 15) is 9.59 Å². The van der Waals surface area contributed by atoms with Gasteiger partial charge in [-0.3, -0.25) is 4.79 Å². The number of fused-ring (bicyclic) bond motifs is 3. The fraction of sp³-hybridized carbons (Fsp3) is 0.481. The number of ether oxygens (including phenoxy) is 3. The minimum Gasteiger partial charge on any atom is -0.481 e. The molecule has 188 valence electrons. The number of hydrogen-bond acceptors (Lipinski definition) is 6. The first kappa shape index (κ1) is 25.2. The molecule has 1 saturated heterocycles. The maximum Gasteiger partial charge on any atom is 0.410 e. The Kier molecular flexibility index (Phi) is 9.11. The predicted octanol–water partition coefficient (Wildman–Crippen LogP) is 3.50. The summed E-state index contributed by atoms with van der Waals surface area (Å²) in [5, 5.41) is 12.0. The fourth-order valence-corrected chi connectivity index (χ4v) is 4.86. The van der Waals surface area contributed by atoms with E-state index in [-0.39, 0.29) is 31.1 Å². The van der Waals surface area contributed by atoms with Gasteiger partial charge >= 0.3 is 12.1 Å². The number of carbonyl (C=O) groups is 2. The second-order valence-electron chi connectivity index (χ2n) is 8.85. The summed E-state index contributed by atoms with van der Waals surface area (Å²) in [7, 11) is 0. The number of hydrogen-bond donors (Lipinski definition) is 2. The van der Waals surface area contributed by atoms with Gasteiger partial charge in [-0.1, -0.05) is 48.5 Å². The van der Waals surface area contributed by atoms with Gasteiger partial charge in [0.05, 0.1) is 32.8 Å². The average Bonchev–Trinajstić information content (AvgIpc) is 3.20. The van der Waals surface area contributed by atoms with Gasteiger partial charge in [-0.25, -0.2) is 4.79 Å². The van der Waals surface area contributed by atoms with Crippen LogP contribution in [-0.4, -0.2) is 80.8 Å². The molecule has 0 spiro atoms. The molecule has 2 aromatic carbocycles. The molecule has 1 heterocycles. The van der Waals surface area contributed by atoms with Crippen molar-refractivity contribution in [1.29, 1.82) is 0 Å². The molecule has 2 N–H and O–H groups in total. The lowest BCUT2D eigenvalue weighted by atomic mass is 9.98. The number of nitrogens with one attached hydrogen (secondary N) is 1. The normalized spacial score (nSPS) is 15.4. The average molecular weight is 483 g/mol. The molecule has 2 aliphatic rings. The van der Waals surface area contributed by atoms with Crippen molar-refractivity contribution in [2.45, 2.75) is 31.2 Å². The Balaban J connectivity index is 1.31. The highest BCUT2D eigenvalue weighted by atomic mass is 16.6. The van der Waals surface area contributed by atoms with Crippen LogP contribution < -0.4 is 5.32 Å². The lowest BCUT2D eigenvalue weighted by Crippen LogP contribution is -2.48. The number of nitrogens with zero attached hydrogens (tertiary/aromatic N) is 1. The van der Waals surface area contributed by atoms with Gasteiger partial charge in [0.25, 0.3) is 0 Å².